The van der Waals surface area contributed by atoms with Crippen LogP contribution in [0.1, 0.15) is 106 Å². The maximum atomic E-state index is 14.2. The molecule has 0 nitrogen and oxygen atoms in total. The van der Waals surface area contributed by atoms with Gasteiger partial charge < -0.3 is 0 Å². The van der Waals surface area contributed by atoms with Crippen LogP contribution in [0.25, 0.3) is 0 Å². The Morgan fingerprint density at radius 1 is 0.280 bits per heavy atom. The average molecular weight is 1240 g/mol. The molecule has 0 aliphatic rings. The molecule has 425 valence electrons. The van der Waals surface area contributed by atoms with Crippen molar-refractivity contribution >= 4 is 43.8 Å². The molecule has 0 aliphatic heterocycles. The molecule has 4 rings (SSSR count). The summed E-state index contributed by atoms with van der Waals surface area (Å²) in [5.41, 5.74) is -26.4. The minimum absolute atomic E-state index is 0. The van der Waals surface area contributed by atoms with Crippen molar-refractivity contribution in [3.05, 3.63) is 117 Å². The first kappa shape index (κ1) is 67.9. The van der Waals surface area contributed by atoms with Gasteiger partial charge in [0, 0.05) is 41.7 Å². The van der Waals surface area contributed by atoms with Crippen LogP contribution in [-0.4, -0.2) is 41.1 Å². The van der Waals surface area contributed by atoms with Crippen molar-refractivity contribution in [1.82, 2.24) is 0 Å². The summed E-state index contributed by atoms with van der Waals surface area (Å²) >= 11 is 0. The molecular weight excluding hydrogens is 1200 g/mol. The molecule has 0 heterocycles. The van der Waals surface area contributed by atoms with Gasteiger partial charge in [-0.1, -0.05) is 48.5 Å². The van der Waals surface area contributed by atoms with Crippen LogP contribution < -0.4 is 21.9 Å². The predicted molar refractivity (Wildman–Crippen MR) is 242 cm³/mol. The van der Waals surface area contributed by atoms with E-state index in [4.69, 9.17) is 0 Å². The summed E-state index contributed by atoms with van der Waals surface area (Å²) in [6.45, 7) is 19.5. The molecule has 0 saturated carbocycles. The minimum atomic E-state index is -6.13. The van der Waals surface area contributed by atoms with Crippen molar-refractivity contribution < 1.29 is 125 Å². The quantitative estimate of drug-likeness (QED) is 0.0753. The van der Waals surface area contributed by atoms with Crippen LogP contribution in [0.5, 0.6) is 0 Å². The van der Waals surface area contributed by atoms with Crippen molar-refractivity contribution in [2.75, 3.05) is 12.3 Å². The molecule has 0 saturated heterocycles. The number of hydrogen-bond acceptors (Lipinski definition) is 0. The van der Waals surface area contributed by atoms with Gasteiger partial charge in [-0.15, -0.1) is 0 Å². The molecule has 28 heteroatoms. The Kier molecular flexibility index (Phi) is 21.7. The van der Waals surface area contributed by atoms with Crippen LogP contribution >= 0.6 is 15.8 Å². The molecule has 4 aromatic rings. The number of alkyl halides is 24. The van der Waals surface area contributed by atoms with Crippen LogP contribution in [0.4, 0.5) is 105 Å². The second-order valence-corrected chi connectivity index (χ2v) is 26.8. The summed E-state index contributed by atoms with van der Waals surface area (Å²) in [4.78, 5) is 0. The molecule has 0 aliphatic carbocycles. The first-order valence-electron chi connectivity index (χ1n) is 22.1. The number of benzene rings is 4. The van der Waals surface area contributed by atoms with Crippen LogP contribution in [0.2, 0.25) is 0 Å². The van der Waals surface area contributed by atoms with Crippen LogP contribution in [0.3, 0.4) is 0 Å². The Hall–Kier alpha value is -3.25. The topological polar surface area (TPSA) is 0 Å². The van der Waals surface area contributed by atoms with Gasteiger partial charge in [0.15, 0.2) is 0 Å². The van der Waals surface area contributed by atoms with E-state index in [-0.39, 0.29) is 35.3 Å². The first-order valence-corrected chi connectivity index (χ1v) is 25.8. The van der Waals surface area contributed by atoms with Gasteiger partial charge in [-0.3, -0.25) is 0 Å². The van der Waals surface area contributed by atoms with Crippen LogP contribution in [0.15, 0.2) is 72.8 Å². The van der Waals surface area contributed by atoms with Crippen LogP contribution in [0, 0.1) is 0 Å². The third-order valence-corrected chi connectivity index (χ3v) is 20.1. The second-order valence-electron chi connectivity index (χ2n) is 18.8. The maximum absolute atomic E-state index is 14.2. The third-order valence-electron chi connectivity index (χ3n) is 12.3. The van der Waals surface area contributed by atoms with Gasteiger partial charge in [0.2, 0.25) is 0 Å². The fourth-order valence-corrected chi connectivity index (χ4v) is 15.6. The van der Waals surface area contributed by atoms with E-state index in [2.05, 4.69) is 55.4 Å². The summed E-state index contributed by atoms with van der Waals surface area (Å²) in [6, 6.07) is -8.81. The molecule has 0 unspecified atom stereocenters. The van der Waals surface area contributed by atoms with Crippen molar-refractivity contribution in [2.45, 2.75) is 134 Å². The SMILES string of the molecule is CC(C)[PH+](CCC[PH+](C(C)C)C(C)C)C(C)C.FC(F)(F)c1cc([B-](c2cc(C(F)(F)F)cc(C(F)(F)F)c2)(c2cc(C(F)(F)F)cc(C(F)(F)F)c2)c2cc(C(F)(F)F)cc(C(F)(F)F)c2)cc(C(F)(F)F)c1.[Rh]. The van der Waals surface area contributed by atoms with E-state index in [0.717, 1.165) is 22.6 Å². The van der Waals surface area contributed by atoms with Crippen LogP contribution in [-0.2, 0) is 68.9 Å². The van der Waals surface area contributed by atoms with E-state index in [0.29, 0.717) is 0 Å². The largest absolute Gasteiger partial charge is 0.416 e. The summed E-state index contributed by atoms with van der Waals surface area (Å²) in [7, 11) is -0.217. The van der Waals surface area contributed by atoms with E-state index in [1.807, 2.05) is 0 Å². The van der Waals surface area contributed by atoms with Crippen molar-refractivity contribution in [2.24, 2.45) is 0 Å². The molecule has 75 heavy (non-hydrogen) atoms. The molecule has 0 N–H and O–H groups in total. The molecule has 0 bridgehead atoms. The second kappa shape index (κ2) is 24.0. The van der Waals surface area contributed by atoms with Crippen molar-refractivity contribution in [3.8, 4) is 0 Å². The van der Waals surface area contributed by atoms with E-state index < -0.39 is 195 Å². The van der Waals surface area contributed by atoms with Gasteiger partial charge in [-0.25, -0.2) is 0 Å². The fraction of sp³-hybridized carbons (Fsp3) is 0.489. The average Bonchev–Trinajstić information content (AvgIpc) is 3.20. The van der Waals surface area contributed by atoms with Crippen molar-refractivity contribution in [3.63, 3.8) is 0 Å². The zero-order valence-corrected chi connectivity index (χ0v) is 44.0. The smallest absolute Gasteiger partial charge is 0.194 e. The number of halogens is 24. The number of hydrogen-bond donors (Lipinski definition) is 0. The molecule has 4 aromatic carbocycles. The molecule has 0 aromatic heterocycles. The molecule has 0 amide bonds. The Morgan fingerprint density at radius 2 is 0.413 bits per heavy atom. The normalized spacial score (nSPS) is 13.8. The zero-order valence-electron chi connectivity index (χ0n) is 40.3. The van der Waals surface area contributed by atoms with E-state index in [1.54, 1.807) is 12.3 Å². The third kappa shape index (κ3) is 17.4. The Bertz CT molecular complexity index is 2050. The molecular formula is C47H48BF24P2Rh+. The van der Waals surface area contributed by atoms with Crippen molar-refractivity contribution in [1.29, 1.82) is 0 Å². The van der Waals surface area contributed by atoms with E-state index >= 15 is 0 Å². The maximum Gasteiger partial charge on any atom is 0.416 e. The summed E-state index contributed by atoms with van der Waals surface area (Å²) in [5, 5.41) is 0. The standard InChI is InChI=1S/C32H12BF24.C15H34P2.Rh/c34-25(35,36)13-1-14(26(37,38)39)6-21(5-13)33(22-7-15(27(40,41)42)2-16(8-22)28(43,44)45,23-9-17(29(46,47)48)3-18(10-23)30(49,50)51)24-11-19(31(52,53)54)4-20(12-24)32(55,56)57;1-12(2)16(13(3)4)10-9-11-17(14(5)6)15(7)8;/h1-12H;12-15H,9-11H2,1-8H3;/q-1;;/p+2. The Balaban J connectivity index is 0.000000914. The van der Waals surface area contributed by atoms with E-state index in [1.165, 1.54) is 6.42 Å². The van der Waals surface area contributed by atoms with Gasteiger partial charge in [0.1, 0.15) is 6.15 Å². The van der Waals surface area contributed by atoms with Gasteiger partial charge in [0.25, 0.3) is 0 Å². The van der Waals surface area contributed by atoms with Gasteiger partial charge >= 0.3 is 49.4 Å². The minimum Gasteiger partial charge on any atom is -0.194 e. The van der Waals surface area contributed by atoms with Gasteiger partial charge in [-0.2, -0.15) is 127 Å². The summed E-state index contributed by atoms with van der Waals surface area (Å²) in [6.07, 6.45) is -50.2. The zero-order chi connectivity index (χ0) is 57.5. The molecule has 0 fully saturated rings. The summed E-state index contributed by atoms with van der Waals surface area (Å²) < 4.78 is 341. The van der Waals surface area contributed by atoms with E-state index in [9.17, 15) is 105 Å². The number of rotatable bonds is 12. The van der Waals surface area contributed by atoms with Gasteiger partial charge in [-0.05, 0) is 79.7 Å². The predicted octanol–water partition coefficient (Wildman–Crippen LogP) is 16.7. The Labute approximate surface area is 431 Å². The molecule has 0 atom stereocenters. The van der Waals surface area contributed by atoms with Gasteiger partial charge in [0.05, 0.1) is 79.5 Å². The first-order chi connectivity index (χ1) is 33.0. The molecule has 1 radical (unpaired) electrons. The molecule has 0 spiro atoms. The Morgan fingerprint density at radius 3 is 0.520 bits per heavy atom. The summed E-state index contributed by atoms with van der Waals surface area (Å²) in [5.74, 6) is 0. The monoisotopic (exact) mass is 1240 g/mol. The fourth-order valence-electron chi connectivity index (χ4n) is 9.06.